The molecule has 0 aliphatic carbocycles. The maximum Gasteiger partial charge on any atom is 0.472 e. The average molecular weight is 1400 g/mol. The Bertz CT molecular complexity index is 1820. The molecule has 3 N–H and O–H groups in total. The number of aliphatic hydroxyl groups excluding tert-OH is 1. The summed E-state index contributed by atoms with van der Waals surface area (Å²) in [5, 5.41) is 10.6. The van der Waals surface area contributed by atoms with E-state index in [4.69, 9.17) is 37.0 Å². The number of ether oxygens (including phenoxy) is 4. The van der Waals surface area contributed by atoms with Gasteiger partial charge in [0.15, 0.2) is 12.2 Å². The van der Waals surface area contributed by atoms with Crippen molar-refractivity contribution >= 4 is 39.5 Å². The normalized spacial score (nSPS) is 13.9. The van der Waals surface area contributed by atoms with Crippen LogP contribution in [0.2, 0.25) is 0 Å². The van der Waals surface area contributed by atoms with Crippen LogP contribution in [0.15, 0.2) is 0 Å². The summed E-state index contributed by atoms with van der Waals surface area (Å²) in [7, 11) is -9.91. The summed E-state index contributed by atoms with van der Waals surface area (Å²) in [4.78, 5) is 72.7. The first kappa shape index (κ1) is 93.1. The molecule has 0 aromatic carbocycles. The molecule has 0 spiro atoms. The summed E-state index contributed by atoms with van der Waals surface area (Å²) in [6.45, 7) is 7.32. The Kier molecular flexibility index (Phi) is 67.7. The molecule has 5 atom stereocenters. The SMILES string of the molecule is CCCCCCCCCCCCCCC(=O)OC[C@H](COP(=O)(O)OC[C@@H](O)COP(=O)(O)OC[C@@H](COC(=O)CCCCCCCCCCCC)OC(=O)CCCCCCCCCCCCCC)OC(=O)CCCCCCCCCCCCCCCCCCCCC(C)C. The molecule has 0 bridgehead atoms. The highest BCUT2D eigenvalue weighted by Gasteiger charge is 2.30. The van der Waals surface area contributed by atoms with Crippen LogP contribution in [0.5, 0.6) is 0 Å². The molecule has 0 saturated carbocycles. The van der Waals surface area contributed by atoms with Crippen molar-refractivity contribution in [3.63, 3.8) is 0 Å². The fourth-order valence-corrected chi connectivity index (χ4v) is 13.3. The van der Waals surface area contributed by atoms with Gasteiger partial charge in [0.1, 0.15) is 19.3 Å². The molecule has 0 aromatic rings. The third-order valence-electron chi connectivity index (χ3n) is 17.8. The summed E-state index contributed by atoms with van der Waals surface area (Å²) in [5.41, 5.74) is 0. The summed E-state index contributed by atoms with van der Waals surface area (Å²) in [5.74, 6) is -1.29. The first-order chi connectivity index (χ1) is 46.0. The van der Waals surface area contributed by atoms with Gasteiger partial charge in [-0.15, -0.1) is 0 Å². The van der Waals surface area contributed by atoms with Crippen molar-refractivity contribution in [2.24, 2.45) is 5.92 Å². The quantitative estimate of drug-likeness (QED) is 0.0222. The Morgan fingerprint density at radius 1 is 0.284 bits per heavy atom. The third-order valence-corrected chi connectivity index (χ3v) is 19.7. The Hall–Kier alpha value is -1.94. The zero-order valence-corrected chi connectivity index (χ0v) is 63.6. The smallest absolute Gasteiger partial charge is 0.462 e. The summed E-state index contributed by atoms with van der Waals surface area (Å²) >= 11 is 0. The van der Waals surface area contributed by atoms with Gasteiger partial charge in [0.05, 0.1) is 26.4 Å². The van der Waals surface area contributed by atoms with E-state index in [9.17, 15) is 43.2 Å². The van der Waals surface area contributed by atoms with E-state index in [2.05, 4.69) is 34.6 Å². The standard InChI is InChI=1S/C76H148O17P2/c1-6-9-12-15-18-21-24-35-40-45-50-55-60-74(79)87-66-72(93-76(81)62-57-52-47-42-37-33-31-29-27-26-28-30-32-34-38-43-48-53-58-69(4)5)68-91-95(84,85)89-64-70(77)63-88-94(82,83)90-67-71(65-86-73(78)59-54-49-44-39-23-20-17-14-11-8-3)92-75(80)61-56-51-46-41-36-25-22-19-16-13-10-7-2/h69-72,77H,6-68H2,1-5H3,(H,82,83)(H,84,85)/t70-,71+,72+/m0/s1. The number of aliphatic hydroxyl groups is 1. The van der Waals surface area contributed by atoms with Gasteiger partial charge in [-0.25, -0.2) is 9.13 Å². The molecule has 95 heavy (non-hydrogen) atoms. The van der Waals surface area contributed by atoms with E-state index >= 15 is 0 Å². The number of esters is 4. The minimum atomic E-state index is -4.96. The van der Waals surface area contributed by atoms with Crippen molar-refractivity contribution < 1.29 is 80.2 Å². The number of hydrogen-bond acceptors (Lipinski definition) is 15. The van der Waals surface area contributed by atoms with Gasteiger partial charge in [0.25, 0.3) is 0 Å². The maximum absolute atomic E-state index is 13.1. The predicted molar refractivity (Wildman–Crippen MR) is 386 cm³/mol. The van der Waals surface area contributed by atoms with Crippen LogP contribution in [0, 0.1) is 5.92 Å². The molecule has 0 amide bonds. The Balaban J connectivity index is 5.18. The van der Waals surface area contributed by atoms with Gasteiger partial charge >= 0.3 is 39.5 Å². The summed E-state index contributed by atoms with van der Waals surface area (Å²) in [6, 6.07) is 0. The highest BCUT2D eigenvalue weighted by atomic mass is 31.2. The van der Waals surface area contributed by atoms with Gasteiger partial charge in [0.2, 0.25) is 0 Å². The molecular weight excluding hydrogens is 1250 g/mol. The molecule has 0 rings (SSSR count). The second kappa shape index (κ2) is 69.2. The average Bonchev–Trinajstić information content (AvgIpc) is 2.12. The van der Waals surface area contributed by atoms with Crippen LogP contribution >= 0.6 is 15.6 Å². The molecule has 0 aromatic heterocycles. The molecule has 19 heteroatoms. The third kappa shape index (κ3) is 70.3. The topological polar surface area (TPSA) is 237 Å². The second-order valence-electron chi connectivity index (χ2n) is 27.9. The Labute approximate surface area is 581 Å². The van der Waals surface area contributed by atoms with E-state index < -0.39 is 97.5 Å². The van der Waals surface area contributed by atoms with Crippen LogP contribution in [-0.2, 0) is 65.4 Å². The minimum absolute atomic E-state index is 0.108. The fraction of sp³-hybridized carbons (Fsp3) is 0.947. The largest absolute Gasteiger partial charge is 0.472 e. The molecule has 0 heterocycles. The van der Waals surface area contributed by atoms with Gasteiger partial charge in [-0.3, -0.25) is 37.3 Å². The second-order valence-corrected chi connectivity index (χ2v) is 30.8. The lowest BCUT2D eigenvalue weighted by molar-refractivity contribution is -0.161. The number of carbonyl (C=O) groups is 4. The van der Waals surface area contributed by atoms with E-state index in [0.717, 1.165) is 95.8 Å². The van der Waals surface area contributed by atoms with Crippen LogP contribution < -0.4 is 0 Å². The summed E-state index contributed by atoms with van der Waals surface area (Å²) in [6.07, 6.45) is 58.2. The van der Waals surface area contributed by atoms with Crippen LogP contribution in [0.4, 0.5) is 0 Å². The van der Waals surface area contributed by atoms with Gasteiger partial charge in [-0.2, -0.15) is 0 Å². The lowest BCUT2D eigenvalue weighted by Gasteiger charge is -2.21. The number of rotatable bonds is 76. The first-order valence-electron chi connectivity index (χ1n) is 39.6. The summed E-state index contributed by atoms with van der Waals surface area (Å²) < 4.78 is 68.5. The number of phosphoric ester groups is 2. The molecule has 17 nitrogen and oxygen atoms in total. The van der Waals surface area contributed by atoms with Crippen LogP contribution in [0.3, 0.4) is 0 Å². The minimum Gasteiger partial charge on any atom is -0.462 e. The van der Waals surface area contributed by atoms with Crippen molar-refractivity contribution in [1.82, 2.24) is 0 Å². The molecular formula is C76H148O17P2. The monoisotopic (exact) mass is 1400 g/mol. The molecule has 0 saturated heterocycles. The molecule has 0 radical (unpaired) electrons. The Morgan fingerprint density at radius 2 is 0.484 bits per heavy atom. The van der Waals surface area contributed by atoms with Crippen LogP contribution in [-0.4, -0.2) is 96.7 Å². The van der Waals surface area contributed by atoms with Gasteiger partial charge in [0, 0.05) is 25.7 Å². The van der Waals surface area contributed by atoms with Gasteiger partial charge in [-0.1, -0.05) is 349 Å². The predicted octanol–water partition coefficient (Wildman–Crippen LogP) is 22.5. The molecule has 0 fully saturated rings. The highest BCUT2D eigenvalue weighted by Crippen LogP contribution is 2.45. The zero-order chi connectivity index (χ0) is 69.8. The lowest BCUT2D eigenvalue weighted by Crippen LogP contribution is -2.30. The van der Waals surface area contributed by atoms with Crippen molar-refractivity contribution in [3.8, 4) is 0 Å². The molecule has 0 aliphatic heterocycles. The fourth-order valence-electron chi connectivity index (χ4n) is 11.7. The number of hydrogen-bond donors (Lipinski definition) is 3. The van der Waals surface area contributed by atoms with E-state index in [1.807, 2.05) is 0 Å². The molecule has 2 unspecified atom stereocenters. The maximum atomic E-state index is 13.1. The molecule has 564 valence electrons. The molecule has 0 aliphatic rings. The van der Waals surface area contributed by atoms with Gasteiger partial charge in [-0.05, 0) is 31.6 Å². The highest BCUT2D eigenvalue weighted by molar-refractivity contribution is 7.47. The lowest BCUT2D eigenvalue weighted by atomic mass is 10.0. The van der Waals surface area contributed by atoms with Gasteiger partial charge < -0.3 is 33.8 Å². The van der Waals surface area contributed by atoms with E-state index in [-0.39, 0.29) is 25.7 Å². The van der Waals surface area contributed by atoms with Crippen LogP contribution in [0.25, 0.3) is 0 Å². The van der Waals surface area contributed by atoms with E-state index in [1.165, 1.54) is 225 Å². The number of unbranched alkanes of at least 4 members (excludes halogenated alkanes) is 48. The van der Waals surface area contributed by atoms with E-state index in [0.29, 0.717) is 25.7 Å². The van der Waals surface area contributed by atoms with Crippen molar-refractivity contribution in [2.75, 3.05) is 39.6 Å². The van der Waals surface area contributed by atoms with E-state index in [1.54, 1.807) is 0 Å². The zero-order valence-electron chi connectivity index (χ0n) is 61.8. The number of carbonyl (C=O) groups excluding carboxylic acids is 4. The number of phosphoric acid groups is 2. The van der Waals surface area contributed by atoms with Crippen molar-refractivity contribution in [1.29, 1.82) is 0 Å². The van der Waals surface area contributed by atoms with Crippen molar-refractivity contribution in [3.05, 3.63) is 0 Å². The van der Waals surface area contributed by atoms with Crippen molar-refractivity contribution in [2.45, 2.75) is 419 Å². The van der Waals surface area contributed by atoms with Crippen LogP contribution in [0.1, 0.15) is 401 Å². The Morgan fingerprint density at radius 3 is 0.716 bits per heavy atom. The first-order valence-corrected chi connectivity index (χ1v) is 42.6.